The van der Waals surface area contributed by atoms with Crippen molar-refractivity contribution < 1.29 is 23.9 Å². The van der Waals surface area contributed by atoms with E-state index in [1.807, 2.05) is 0 Å². The lowest BCUT2D eigenvalue weighted by Crippen LogP contribution is -2.23. The van der Waals surface area contributed by atoms with Gasteiger partial charge in [-0.25, -0.2) is 4.79 Å². The number of carboxylic acids is 1. The summed E-state index contributed by atoms with van der Waals surface area (Å²) in [7, 11) is 0. The Bertz CT molecular complexity index is 980. The van der Waals surface area contributed by atoms with Gasteiger partial charge in [-0.15, -0.1) is 0 Å². The average Bonchev–Trinajstić information content (AvgIpc) is 3.20. The van der Waals surface area contributed by atoms with Gasteiger partial charge in [0.05, 0.1) is 23.9 Å². The second-order valence-corrected chi connectivity index (χ2v) is 5.65. The van der Waals surface area contributed by atoms with E-state index in [2.05, 4.69) is 10.6 Å². The Labute approximate surface area is 154 Å². The van der Waals surface area contributed by atoms with E-state index in [-0.39, 0.29) is 23.6 Å². The van der Waals surface area contributed by atoms with Crippen molar-refractivity contribution in [2.45, 2.75) is 6.54 Å². The summed E-state index contributed by atoms with van der Waals surface area (Å²) in [5, 5.41) is 14.5. The second kappa shape index (κ2) is 8.01. The third-order valence-corrected chi connectivity index (χ3v) is 3.79. The fraction of sp³-hybridized carbons (Fsp3) is 0.0500. The first kappa shape index (κ1) is 17.9. The van der Waals surface area contributed by atoms with Crippen molar-refractivity contribution in [1.82, 2.24) is 5.32 Å². The van der Waals surface area contributed by atoms with E-state index < -0.39 is 11.9 Å². The molecule has 27 heavy (non-hydrogen) atoms. The van der Waals surface area contributed by atoms with E-state index in [4.69, 9.17) is 4.42 Å². The molecule has 2 amide bonds. The fourth-order valence-corrected chi connectivity index (χ4v) is 2.49. The van der Waals surface area contributed by atoms with Gasteiger partial charge in [-0.05, 0) is 42.5 Å². The molecule has 3 aromatic rings. The Morgan fingerprint density at radius 2 is 1.67 bits per heavy atom. The molecular formula is C20H16N2O5. The molecule has 1 aromatic heterocycles. The second-order valence-electron chi connectivity index (χ2n) is 5.65. The maximum Gasteiger partial charge on any atom is 0.336 e. The van der Waals surface area contributed by atoms with Gasteiger partial charge in [0.15, 0.2) is 0 Å². The highest BCUT2D eigenvalue weighted by atomic mass is 16.4. The molecule has 0 radical (unpaired) electrons. The highest BCUT2D eigenvalue weighted by Crippen LogP contribution is 2.15. The van der Waals surface area contributed by atoms with Crippen LogP contribution in [0.2, 0.25) is 0 Å². The summed E-state index contributed by atoms with van der Waals surface area (Å²) in [6.07, 6.45) is 1.52. The number of nitrogens with one attached hydrogen (secondary N) is 2. The van der Waals surface area contributed by atoms with E-state index in [9.17, 15) is 19.5 Å². The summed E-state index contributed by atoms with van der Waals surface area (Å²) in [6, 6.07) is 15.8. The fourth-order valence-electron chi connectivity index (χ4n) is 2.49. The van der Waals surface area contributed by atoms with Crippen molar-refractivity contribution in [1.29, 1.82) is 0 Å². The molecule has 3 rings (SSSR count). The summed E-state index contributed by atoms with van der Waals surface area (Å²) >= 11 is 0. The Kier molecular flexibility index (Phi) is 5.32. The number of carbonyl (C=O) groups is 3. The normalized spacial score (nSPS) is 10.2. The molecule has 7 nitrogen and oxygen atoms in total. The Morgan fingerprint density at radius 1 is 0.889 bits per heavy atom. The largest absolute Gasteiger partial charge is 0.478 e. The summed E-state index contributed by atoms with van der Waals surface area (Å²) in [5.74, 6) is -1.46. The molecule has 7 heteroatoms. The van der Waals surface area contributed by atoms with Crippen LogP contribution in [-0.4, -0.2) is 22.9 Å². The van der Waals surface area contributed by atoms with Crippen molar-refractivity contribution in [2.24, 2.45) is 0 Å². The Morgan fingerprint density at radius 3 is 2.37 bits per heavy atom. The van der Waals surface area contributed by atoms with Gasteiger partial charge in [-0.2, -0.15) is 0 Å². The smallest absolute Gasteiger partial charge is 0.336 e. The maximum atomic E-state index is 12.4. The van der Waals surface area contributed by atoms with Gasteiger partial charge in [0.25, 0.3) is 11.8 Å². The lowest BCUT2D eigenvalue weighted by Gasteiger charge is -2.09. The molecule has 3 N–H and O–H groups in total. The SMILES string of the molecule is O=C(NCc1ccco1)c1cccc(NC(=O)c2ccccc2C(=O)O)c1. The van der Waals surface area contributed by atoms with Crippen LogP contribution in [0.3, 0.4) is 0 Å². The summed E-state index contributed by atoms with van der Waals surface area (Å²) in [5.41, 5.74) is 0.678. The van der Waals surface area contributed by atoms with Crippen LogP contribution >= 0.6 is 0 Å². The van der Waals surface area contributed by atoms with Crippen LogP contribution in [0.4, 0.5) is 5.69 Å². The highest BCUT2D eigenvalue weighted by Gasteiger charge is 2.16. The molecule has 0 atom stereocenters. The van der Waals surface area contributed by atoms with Gasteiger partial charge in [-0.3, -0.25) is 9.59 Å². The van der Waals surface area contributed by atoms with Gasteiger partial charge >= 0.3 is 5.97 Å². The van der Waals surface area contributed by atoms with Crippen molar-refractivity contribution in [3.05, 3.63) is 89.4 Å². The average molecular weight is 364 g/mol. The quantitative estimate of drug-likeness (QED) is 0.622. The number of benzene rings is 2. The third-order valence-electron chi connectivity index (χ3n) is 3.79. The summed E-state index contributed by atoms with van der Waals surface area (Å²) in [6.45, 7) is 0.244. The molecule has 0 aliphatic rings. The van der Waals surface area contributed by atoms with Gasteiger partial charge in [0, 0.05) is 11.3 Å². The summed E-state index contributed by atoms with van der Waals surface area (Å²) in [4.78, 5) is 35.9. The first-order chi connectivity index (χ1) is 13.0. The van der Waals surface area contributed by atoms with Crippen molar-refractivity contribution in [3.63, 3.8) is 0 Å². The maximum absolute atomic E-state index is 12.4. The lowest BCUT2D eigenvalue weighted by atomic mass is 10.1. The summed E-state index contributed by atoms with van der Waals surface area (Å²) < 4.78 is 5.16. The molecule has 0 unspecified atom stereocenters. The van der Waals surface area contributed by atoms with Gasteiger partial charge in [-0.1, -0.05) is 18.2 Å². The van der Waals surface area contributed by atoms with Crippen LogP contribution in [0.5, 0.6) is 0 Å². The molecule has 0 spiro atoms. The molecular weight excluding hydrogens is 348 g/mol. The van der Waals surface area contributed by atoms with E-state index in [1.54, 1.807) is 42.5 Å². The number of hydrogen-bond acceptors (Lipinski definition) is 4. The van der Waals surface area contributed by atoms with Crippen molar-refractivity contribution in [3.8, 4) is 0 Å². The van der Waals surface area contributed by atoms with Gasteiger partial charge < -0.3 is 20.2 Å². The molecule has 1 heterocycles. The molecule has 0 bridgehead atoms. The minimum Gasteiger partial charge on any atom is -0.478 e. The van der Waals surface area contributed by atoms with E-state index in [0.717, 1.165) is 0 Å². The predicted octanol–water partition coefficient (Wildman–Crippen LogP) is 3.16. The van der Waals surface area contributed by atoms with Crippen molar-refractivity contribution >= 4 is 23.5 Å². The number of aromatic carboxylic acids is 1. The molecule has 2 aromatic carbocycles. The van der Waals surface area contributed by atoms with Gasteiger partial charge in [0.1, 0.15) is 5.76 Å². The molecule has 0 fully saturated rings. The lowest BCUT2D eigenvalue weighted by molar-refractivity contribution is 0.0692. The van der Waals surface area contributed by atoms with E-state index >= 15 is 0 Å². The zero-order valence-electron chi connectivity index (χ0n) is 14.1. The van der Waals surface area contributed by atoms with Crippen LogP contribution < -0.4 is 10.6 Å². The topological polar surface area (TPSA) is 109 Å². The number of anilines is 1. The highest BCUT2D eigenvalue weighted by molar-refractivity contribution is 6.11. The van der Waals surface area contributed by atoms with Crippen molar-refractivity contribution in [2.75, 3.05) is 5.32 Å². The van der Waals surface area contributed by atoms with Crippen LogP contribution in [0, 0.1) is 0 Å². The first-order valence-corrected chi connectivity index (χ1v) is 8.09. The monoisotopic (exact) mass is 364 g/mol. The number of carbonyl (C=O) groups excluding carboxylic acids is 2. The van der Waals surface area contributed by atoms with Crippen LogP contribution in [0.15, 0.2) is 71.3 Å². The third kappa shape index (κ3) is 4.40. The van der Waals surface area contributed by atoms with Crippen LogP contribution in [0.1, 0.15) is 36.8 Å². The standard InChI is InChI=1S/C20H16N2O5/c23-18(21-12-15-7-4-10-27-15)13-5-3-6-14(11-13)22-19(24)16-8-1-2-9-17(16)20(25)26/h1-11H,12H2,(H,21,23)(H,22,24)(H,25,26). The predicted molar refractivity (Wildman–Crippen MR) is 97.7 cm³/mol. The molecule has 0 saturated carbocycles. The minimum atomic E-state index is -1.19. The zero-order chi connectivity index (χ0) is 19.2. The number of rotatable bonds is 6. The number of carboxylic acid groups (broad SMARTS) is 1. The Hall–Kier alpha value is -3.87. The van der Waals surface area contributed by atoms with Gasteiger partial charge in [0.2, 0.25) is 0 Å². The van der Waals surface area contributed by atoms with E-state index in [1.165, 1.54) is 24.5 Å². The number of amides is 2. The minimum absolute atomic E-state index is 0.0395. The van der Waals surface area contributed by atoms with Crippen LogP contribution in [0.25, 0.3) is 0 Å². The molecule has 136 valence electrons. The van der Waals surface area contributed by atoms with Crippen LogP contribution in [-0.2, 0) is 6.54 Å². The molecule has 0 aliphatic heterocycles. The first-order valence-electron chi connectivity index (χ1n) is 8.09. The molecule has 0 aliphatic carbocycles. The molecule has 0 saturated heterocycles. The zero-order valence-corrected chi connectivity index (χ0v) is 14.1. The number of furan rings is 1. The van der Waals surface area contributed by atoms with E-state index in [0.29, 0.717) is 17.0 Å². The Balaban J connectivity index is 1.71. The number of hydrogen-bond donors (Lipinski definition) is 3.